The van der Waals surface area contributed by atoms with Gasteiger partial charge in [0.15, 0.2) is 5.78 Å². The lowest BCUT2D eigenvalue weighted by molar-refractivity contribution is -0.117. The van der Waals surface area contributed by atoms with E-state index in [1.807, 2.05) is 19.9 Å². The number of aliphatic hydroxyl groups is 2. The third-order valence-electron chi connectivity index (χ3n) is 10.6. The maximum absolute atomic E-state index is 12.3. The van der Waals surface area contributed by atoms with Crippen molar-refractivity contribution in [2.45, 2.75) is 111 Å². The summed E-state index contributed by atoms with van der Waals surface area (Å²) in [5, 5.41) is 19.6. The third-order valence-corrected chi connectivity index (χ3v) is 10.6. The molecule has 0 amide bonds. The fourth-order valence-electron chi connectivity index (χ4n) is 8.77. The molecule has 0 heterocycles. The fraction of sp³-hybridized carbons (Fsp3) is 0.839. The SMILES string of the molecule is CC.CCP.C[C@]12CCC3C(CC=C4CC(O)CC[C@@]43C)C1CCC2CC1CC=C(CO)C(=O)C1. The van der Waals surface area contributed by atoms with Crippen LogP contribution in [0.5, 0.6) is 0 Å². The van der Waals surface area contributed by atoms with Gasteiger partial charge in [0.2, 0.25) is 0 Å². The van der Waals surface area contributed by atoms with E-state index in [0.717, 1.165) is 49.4 Å². The number of hydrogen-bond donors (Lipinski definition) is 2. The summed E-state index contributed by atoms with van der Waals surface area (Å²) in [6, 6.07) is 0. The molecule has 0 bridgehead atoms. The molecule has 0 aromatic heterocycles. The second-order valence-corrected chi connectivity index (χ2v) is 13.1. The van der Waals surface area contributed by atoms with E-state index < -0.39 is 0 Å². The van der Waals surface area contributed by atoms with E-state index in [2.05, 4.69) is 36.1 Å². The van der Waals surface area contributed by atoms with Crippen molar-refractivity contribution in [3.63, 3.8) is 0 Å². The van der Waals surface area contributed by atoms with Crippen molar-refractivity contribution < 1.29 is 15.0 Å². The predicted octanol–water partition coefficient (Wildman–Crippen LogP) is 7.12. The Balaban J connectivity index is 0.000000638. The van der Waals surface area contributed by atoms with Crippen LogP contribution in [0.2, 0.25) is 0 Å². The van der Waals surface area contributed by atoms with Crippen LogP contribution in [0, 0.1) is 40.4 Å². The molecule has 9 atom stereocenters. The van der Waals surface area contributed by atoms with Crippen LogP contribution in [0.15, 0.2) is 23.3 Å². The van der Waals surface area contributed by atoms with Gasteiger partial charge in [-0.2, -0.15) is 0 Å². The van der Waals surface area contributed by atoms with Gasteiger partial charge in [-0.25, -0.2) is 0 Å². The highest BCUT2D eigenvalue weighted by Crippen LogP contribution is 2.67. The average Bonchev–Trinajstić information content (AvgIpc) is 3.17. The zero-order valence-corrected chi connectivity index (χ0v) is 24.3. The van der Waals surface area contributed by atoms with E-state index in [4.69, 9.17) is 0 Å². The minimum absolute atomic E-state index is 0.0941. The van der Waals surface area contributed by atoms with E-state index in [9.17, 15) is 15.0 Å². The molecule has 7 unspecified atom stereocenters. The maximum atomic E-state index is 12.3. The van der Waals surface area contributed by atoms with Crippen LogP contribution < -0.4 is 0 Å². The predicted molar refractivity (Wildman–Crippen MR) is 150 cm³/mol. The maximum Gasteiger partial charge on any atom is 0.161 e. The van der Waals surface area contributed by atoms with Crippen LogP contribution >= 0.6 is 9.24 Å². The summed E-state index contributed by atoms with van der Waals surface area (Å²) < 4.78 is 0. The van der Waals surface area contributed by atoms with Gasteiger partial charge in [-0.15, -0.1) is 9.24 Å². The van der Waals surface area contributed by atoms with Crippen molar-refractivity contribution in [1.29, 1.82) is 0 Å². The molecule has 5 aliphatic rings. The number of carbonyl (C=O) groups is 1. The van der Waals surface area contributed by atoms with E-state index >= 15 is 0 Å². The Kier molecular flexibility index (Phi) is 10.3. The Bertz CT molecular complexity index is 788. The molecule has 0 saturated heterocycles. The van der Waals surface area contributed by atoms with Crippen LogP contribution in [0.4, 0.5) is 0 Å². The summed E-state index contributed by atoms with van der Waals surface area (Å²) in [6.07, 6.45) is 18.0. The number of rotatable bonds is 3. The molecule has 5 aliphatic carbocycles. The van der Waals surface area contributed by atoms with E-state index in [-0.39, 0.29) is 18.5 Å². The number of fused-ring (bicyclic) bond motifs is 5. The summed E-state index contributed by atoms with van der Waals surface area (Å²) in [7, 11) is 2.58. The van der Waals surface area contributed by atoms with Crippen LogP contribution in [0.1, 0.15) is 105 Å². The zero-order chi connectivity index (χ0) is 25.8. The molecule has 3 nitrogen and oxygen atoms in total. The quantitative estimate of drug-likeness (QED) is 0.318. The van der Waals surface area contributed by atoms with Gasteiger partial charge in [0.1, 0.15) is 0 Å². The molecule has 4 heteroatoms. The lowest BCUT2D eigenvalue weighted by Crippen LogP contribution is -2.50. The molecule has 5 rings (SSSR count). The van der Waals surface area contributed by atoms with Crippen LogP contribution in [-0.4, -0.2) is 34.9 Å². The van der Waals surface area contributed by atoms with Crippen molar-refractivity contribution in [1.82, 2.24) is 0 Å². The minimum atomic E-state index is -0.121. The molecular formula is C31H53O3P. The van der Waals surface area contributed by atoms with Gasteiger partial charge in [0, 0.05) is 12.0 Å². The highest BCUT2D eigenvalue weighted by atomic mass is 31.0. The summed E-state index contributed by atoms with van der Waals surface area (Å²) in [5.41, 5.74) is 2.95. The number of allylic oxidation sites excluding steroid dienone is 2. The van der Waals surface area contributed by atoms with E-state index in [1.54, 1.807) is 5.57 Å². The van der Waals surface area contributed by atoms with Gasteiger partial charge in [-0.3, -0.25) is 4.79 Å². The van der Waals surface area contributed by atoms with E-state index in [0.29, 0.717) is 28.7 Å². The van der Waals surface area contributed by atoms with Crippen molar-refractivity contribution in [2.24, 2.45) is 40.4 Å². The van der Waals surface area contributed by atoms with Gasteiger partial charge < -0.3 is 10.2 Å². The number of carbonyl (C=O) groups excluding carboxylic acids is 1. The molecule has 3 fully saturated rings. The van der Waals surface area contributed by atoms with Crippen LogP contribution in [-0.2, 0) is 4.79 Å². The van der Waals surface area contributed by atoms with Gasteiger partial charge in [0.05, 0.1) is 12.7 Å². The number of aliphatic hydroxyl groups excluding tert-OH is 2. The first kappa shape index (κ1) is 29.1. The Morgan fingerprint density at radius 3 is 2.37 bits per heavy atom. The monoisotopic (exact) mass is 504 g/mol. The fourth-order valence-corrected chi connectivity index (χ4v) is 8.77. The standard InChI is InChI=1S/C27H40O3.C2H7P.C2H6/c1-26-11-9-21(29)15-20(26)5-7-22-23-8-6-19(27(23,2)12-10-24(22)26)13-17-3-4-18(16-28)25(30)14-17;1-2-3;1-2/h4-5,17,19,21-24,28-29H,3,6-16H2,1-2H3;2-3H2,1H3;1-2H3/t17?,19?,21?,22?,23?,24?,26-,27+;;/m0../s1. The topological polar surface area (TPSA) is 57.5 Å². The largest absolute Gasteiger partial charge is 0.393 e. The molecule has 0 radical (unpaired) electrons. The second kappa shape index (κ2) is 12.4. The number of Topliss-reactive ketones (excluding diaryl/α,β-unsaturated/α-hetero) is 1. The summed E-state index contributed by atoms with van der Waals surface area (Å²) in [4.78, 5) is 12.3. The molecule has 0 aromatic rings. The van der Waals surface area contributed by atoms with Crippen molar-refractivity contribution in [3.05, 3.63) is 23.3 Å². The molecule has 0 aromatic carbocycles. The lowest BCUT2D eigenvalue weighted by atomic mass is 9.47. The van der Waals surface area contributed by atoms with Gasteiger partial charge in [-0.1, -0.05) is 52.3 Å². The molecule has 35 heavy (non-hydrogen) atoms. The van der Waals surface area contributed by atoms with Gasteiger partial charge >= 0.3 is 0 Å². The summed E-state index contributed by atoms with van der Waals surface area (Å²) >= 11 is 0. The van der Waals surface area contributed by atoms with Gasteiger partial charge in [0.25, 0.3) is 0 Å². The zero-order valence-electron chi connectivity index (χ0n) is 23.2. The average molecular weight is 505 g/mol. The molecular weight excluding hydrogens is 451 g/mol. The van der Waals surface area contributed by atoms with Gasteiger partial charge in [-0.05, 0) is 111 Å². The smallest absolute Gasteiger partial charge is 0.161 e. The summed E-state index contributed by atoms with van der Waals surface area (Å²) in [5.74, 6) is 3.83. The Hall–Kier alpha value is -0.500. The van der Waals surface area contributed by atoms with Crippen molar-refractivity contribution >= 4 is 15.0 Å². The first-order valence-corrected chi connectivity index (χ1v) is 15.5. The number of ketones is 1. The first-order valence-electron chi connectivity index (χ1n) is 14.7. The van der Waals surface area contributed by atoms with Crippen LogP contribution in [0.25, 0.3) is 0 Å². The lowest BCUT2D eigenvalue weighted by Gasteiger charge is -2.58. The second-order valence-electron chi connectivity index (χ2n) is 12.2. The Morgan fingerprint density at radius 1 is 1.00 bits per heavy atom. The molecule has 0 spiro atoms. The summed E-state index contributed by atoms with van der Waals surface area (Å²) in [6.45, 7) is 11.1. The normalized spacial score (nSPS) is 42.1. The molecule has 200 valence electrons. The van der Waals surface area contributed by atoms with Crippen LogP contribution in [0.3, 0.4) is 0 Å². The Labute approximate surface area is 217 Å². The first-order chi connectivity index (χ1) is 16.8. The third kappa shape index (κ3) is 5.68. The number of hydrogen-bond acceptors (Lipinski definition) is 3. The van der Waals surface area contributed by atoms with Crippen molar-refractivity contribution in [2.75, 3.05) is 12.8 Å². The molecule has 3 saturated carbocycles. The minimum Gasteiger partial charge on any atom is -0.393 e. The highest BCUT2D eigenvalue weighted by molar-refractivity contribution is 7.16. The van der Waals surface area contributed by atoms with E-state index in [1.165, 1.54) is 44.7 Å². The highest BCUT2D eigenvalue weighted by Gasteiger charge is 2.58. The molecule has 0 aliphatic heterocycles. The van der Waals surface area contributed by atoms with Crippen molar-refractivity contribution in [3.8, 4) is 0 Å². The Morgan fingerprint density at radius 2 is 1.71 bits per heavy atom. The molecule has 2 N–H and O–H groups in total.